The van der Waals surface area contributed by atoms with Crippen LogP contribution in [0.1, 0.15) is 12.8 Å². The number of nitrogens with one attached hydrogen (secondary N) is 1. The van der Waals surface area contributed by atoms with Crippen molar-refractivity contribution in [2.75, 3.05) is 31.6 Å². The number of aromatic nitrogens is 3. The van der Waals surface area contributed by atoms with Crippen molar-refractivity contribution >= 4 is 21.5 Å². The van der Waals surface area contributed by atoms with Crippen molar-refractivity contribution in [3.05, 3.63) is 42.7 Å². The van der Waals surface area contributed by atoms with Crippen LogP contribution in [0.25, 0.3) is 16.8 Å². The zero-order valence-corrected chi connectivity index (χ0v) is 16.1. The smallest absolute Gasteiger partial charge is 0.217 e. The summed E-state index contributed by atoms with van der Waals surface area (Å²) < 4.78 is 34.6. The molecule has 1 saturated carbocycles. The van der Waals surface area contributed by atoms with Crippen LogP contribution >= 0.6 is 0 Å². The van der Waals surface area contributed by atoms with Gasteiger partial charge in [0, 0.05) is 31.4 Å². The average Bonchev–Trinajstić information content (AvgIpc) is 3.47. The molecule has 0 saturated heterocycles. The summed E-state index contributed by atoms with van der Waals surface area (Å²) in [5, 5.41) is 7.38. The Balaban J connectivity index is 1.52. The number of sulfonamides is 1. The minimum Gasteiger partial charge on any atom is -0.492 e. The van der Waals surface area contributed by atoms with Crippen LogP contribution in [0.2, 0.25) is 0 Å². The molecule has 4 bridgehead atoms. The Morgan fingerprint density at radius 1 is 1.18 bits per heavy atom. The van der Waals surface area contributed by atoms with E-state index in [1.807, 2.05) is 36.5 Å². The molecule has 3 heterocycles. The van der Waals surface area contributed by atoms with Crippen LogP contribution in [0.15, 0.2) is 42.7 Å². The molecule has 0 radical (unpaired) electrons. The molecule has 28 heavy (non-hydrogen) atoms. The number of hydrogen-bond acceptors (Lipinski definition) is 6. The lowest BCUT2D eigenvalue weighted by atomic mass is 10.1. The van der Waals surface area contributed by atoms with Crippen molar-refractivity contribution in [3.63, 3.8) is 0 Å². The first-order valence-corrected chi connectivity index (χ1v) is 10.9. The molecule has 3 aromatic rings. The number of fused-ring (bicyclic) bond motifs is 4. The van der Waals surface area contributed by atoms with Crippen LogP contribution in [0.3, 0.4) is 0 Å². The minimum absolute atomic E-state index is 0.237. The van der Waals surface area contributed by atoms with E-state index in [0.29, 0.717) is 37.8 Å². The van der Waals surface area contributed by atoms with Gasteiger partial charge >= 0.3 is 0 Å². The average molecular weight is 399 g/mol. The molecule has 1 aromatic carbocycles. The van der Waals surface area contributed by atoms with Gasteiger partial charge in [-0.15, -0.1) is 0 Å². The molecule has 1 N–H and O–H groups in total. The monoisotopic (exact) mass is 399 g/mol. The molecule has 0 unspecified atom stereocenters. The fourth-order valence-corrected chi connectivity index (χ4v) is 5.27. The largest absolute Gasteiger partial charge is 0.492 e. The van der Waals surface area contributed by atoms with Crippen molar-refractivity contribution in [2.24, 2.45) is 0 Å². The van der Waals surface area contributed by atoms with Crippen LogP contribution in [-0.2, 0) is 10.0 Å². The molecule has 146 valence electrons. The van der Waals surface area contributed by atoms with Gasteiger partial charge in [0.05, 0.1) is 11.4 Å². The summed E-state index contributed by atoms with van der Waals surface area (Å²) in [5.74, 6) is 1.40. The Bertz CT molecular complexity index is 1120. The molecule has 8 nitrogen and oxygen atoms in total. The van der Waals surface area contributed by atoms with E-state index >= 15 is 0 Å². The van der Waals surface area contributed by atoms with Gasteiger partial charge in [-0.05, 0) is 36.6 Å². The molecule has 2 aliphatic rings. The van der Waals surface area contributed by atoms with Gasteiger partial charge in [0.15, 0.2) is 5.65 Å². The highest BCUT2D eigenvalue weighted by atomic mass is 32.2. The number of nitrogens with zero attached hydrogens (tertiary/aromatic N) is 4. The van der Waals surface area contributed by atoms with Gasteiger partial charge in [0.2, 0.25) is 10.0 Å². The first-order valence-electron chi connectivity index (χ1n) is 9.42. The first kappa shape index (κ1) is 17.4. The maximum atomic E-state index is 12.7. The molecule has 1 aliphatic heterocycles. The second kappa shape index (κ2) is 6.75. The Morgan fingerprint density at radius 3 is 2.93 bits per heavy atom. The van der Waals surface area contributed by atoms with Crippen LogP contribution in [0.4, 0.5) is 5.82 Å². The van der Waals surface area contributed by atoms with Crippen LogP contribution in [-0.4, -0.2) is 58.8 Å². The molecule has 5 rings (SSSR count). The Kier molecular flexibility index (Phi) is 4.21. The van der Waals surface area contributed by atoms with E-state index < -0.39 is 10.0 Å². The summed E-state index contributed by atoms with van der Waals surface area (Å²) in [7, 11) is -3.27. The van der Waals surface area contributed by atoms with Gasteiger partial charge in [0.1, 0.15) is 18.2 Å². The molecule has 1 aliphatic carbocycles. The van der Waals surface area contributed by atoms with Crippen molar-refractivity contribution in [1.29, 1.82) is 0 Å². The second-order valence-electron chi connectivity index (χ2n) is 7.09. The predicted octanol–water partition coefficient (Wildman–Crippen LogP) is 1.99. The van der Waals surface area contributed by atoms with Crippen LogP contribution < -0.4 is 10.1 Å². The van der Waals surface area contributed by atoms with E-state index in [1.54, 1.807) is 10.7 Å². The normalized spacial score (nSPS) is 18.4. The zero-order valence-electron chi connectivity index (χ0n) is 15.3. The number of hydrogen-bond donors (Lipinski definition) is 1. The fraction of sp³-hybridized carbons (Fsp3) is 0.368. The van der Waals surface area contributed by atoms with Gasteiger partial charge in [0.25, 0.3) is 0 Å². The van der Waals surface area contributed by atoms with Gasteiger partial charge in [-0.2, -0.15) is 9.40 Å². The van der Waals surface area contributed by atoms with Crippen LogP contribution in [0.5, 0.6) is 5.75 Å². The van der Waals surface area contributed by atoms with Crippen LogP contribution in [0, 0.1) is 0 Å². The highest BCUT2D eigenvalue weighted by Crippen LogP contribution is 2.31. The summed E-state index contributed by atoms with van der Waals surface area (Å²) in [6, 6.07) is 9.56. The highest BCUT2D eigenvalue weighted by molar-refractivity contribution is 7.90. The number of rotatable bonds is 2. The van der Waals surface area contributed by atoms with E-state index in [4.69, 9.17) is 4.74 Å². The summed E-state index contributed by atoms with van der Waals surface area (Å²) in [6.07, 6.45) is 5.13. The third-order valence-electron chi connectivity index (χ3n) is 5.10. The Morgan fingerprint density at radius 2 is 2.07 bits per heavy atom. The van der Waals surface area contributed by atoms with Crippen molar-refractivity contribution in [3.8, 4) is 16.9 Å². The number of ether oxygens (including phenoxy) is 1. The molecule has 0 spiro atoms. The summed E-state index contributed by atoms with van der Waals surface area (Å²) in [6.45, 7) is 1.49. The molecular weight excluding hydrogens is 378 g/mol. The summed E-state index contributed by atoms with van der Waals surface area (Å²) in [5.41, 5.74) is 2.61. The van der Waals surface area contributed by atoms with E-state index in [0.717, 1.165) is 29.6 Å². The van der Waals surface area contributed by atoms with Gasteiger partial charge in [-0.3, -0.25) is 0 Å². The number of anilines is 1. The quantitative estimate of drug-likeness (QED) is 0.709. The molecule has 0 amide bonds. The maximum Gasteiger partial charge on any atom is 0.217 e. The fourth-order valence-electron chi connectivity index (χ4n) is 3.44. The van der Waals surface area contributed by atoms with Crippen molar-refractivity contribution in [1.82, 2.24) is 18.9 Å². The lowest BCUT2D eigenvalue weighted by Gasteiger charge is -2.23. The summed E-state index contributed by atoms with van der Waals surface area (Å²) >= 11 is 0. The molecule has 2 aromatic heterocycles. The lowest BCUT2D eigenvalue weighted by Crippen LogP contribution is -2.40. The zero-order chi connectivity index (χ0) is 19.1. The van der Waals surface area contributed by atoms with E-state index in [2.05, 4.69) is 15.4 Å². The van der Waals surface area contributed by atoms with Gasteiger partial charge in [-0.25, -0.2) is 17.9 Å². The predicted molar refractivity (Wildman–Crippen MR) is 106 cm³/mol. The Labute approximate surface area is 163 Å². The second-order valence-corrected chi connectivity index (χ2v) is 9.30. The maximum absolute atomic E-state index is 12.7. The highest BCUT2D eigenvalue weighted by Gasteiger charge is 2.39. The lowest BCUT2D eigenvalue weighted by molar-refractivity contribution is 0.275. The van der Waals surface area contributed by atoms with Gasteiger partial charge < -0.3 is 10.1 Å². The molecule has 9 heteroatoms. The molecule has 1 fully saturated rings. The van der Waals surface area contributed by atoms with E-state index in [1.165, 1.54) is 4.31 Å². The first-order chi connectivity index (χ1) is 13.6. The van der Waals surface area contributed by atoms with E-state index in [-0.39, 0.29) is 5.25 Å². The summed E-state index contributed by atoms with van der Waals surface area (Å²) in [4.78, 5) is 4.67. The topological polar surface area (TPSA) is 88.8 Å². The SMILES string of the molecule is O=S(=O)(C1CC1)N1CCNc2ccn3ncc(c3n2)-c2cccc(c2)OCC1. The third kappa shape index (κ3) is 3.20. The standard InChI is InChI=1S/C19H21N5O3S/c25-28(26,16-4-5-16)23-9-7-20-18-6-8-24-19(22-18)17(13-21-24)14-2-1-3-15(12-14)27-11-10-23/h1-3,6,8,12-13,16H,4-5,7,9-11H2,(H,20,22). The number of benzene rings is 1. The molecule has 0 atom stereocenters. The van der Waals surface area contributed by atoms with Crippen molar-refractivity contribution in [2.45, 2.75) is 18.1 Å². The van der Waals surface area contributed by atoms with Crippen molar-refractivity contribution < 1.29 is 13.2 Å². The van der Waals surface area contributed by atoms with Gasteiger partial charge in [-0.1, -0.05) is 12.1 Å². The minimum atomic E-state index is -3.27. The Hall–Kier alpha value is -2.65. The van der Waals surface area contributed by atoms with E-state index in [9.17, 15) is 8.42 Å². The molecular formula is C19H21N5O3S. The third-order valence-corrected chi connectivity index (χ3v) is 7.50.